The molecule has 0 saturated heterocycles. The Kier molecular flexibility index (Phi) is 3.82. The molecule has 0 aliphatic heterocycles. The van der Waals surface area contributed by atoms with Crippen LogP contribution in [0.2, 0.25) is 0 Å². The minimum Gasteiger partial charge on any atom is -0.0839 e. The molecule has 0 bridgehead atoms. The minimum atomic E-state index is 0.222. The van der Waals surface area contributed by atoms with Gasteiger partial charge in [0.25, 0.3) is 0 Å². The first-order chi connectivity index (χ1) is 10.0. The van der Waals surface area contributed by atoms with Crippen LogP contribution >= 0.6 is 0 Å². The lowest BCUT2D eigenvalue weighted by atomic mass is 9.55. The van der Waals surface area contributed by atoms with E-state index in [9.17, 15) is 0 Å². The molecule has 112 valence electrons. The predicted molar refractivity (Wildman–Crippen MR) is 91.4 cm³/mol. The Balaban J connectivity index is 2.11. The average molecular weight is 280 g/mol. The zero-order valence-corrected chi connectivity index (χ0v) is 13.7. The zero-order chi connectivity index (χ0) is 14.9. The quantitative estimate of drug-likeness (QED) is 0.619. The summed E-state index contributed by atoms with van der Waals surface area (Å²) in [6, 6.07) is 11.2. The van der Waals surface area contributed by atoms with Crippen molar-refractivity contribution in [3.8, 4) is 0 Å². The second-order valence-electron chi connectivity index (χ2n) is 7.94. The molecule has 2 aliphatic rings. The largest absolute Gasteiger partial charge is 0.0839 e. The zero-order valence-electron chi connectivity index (χ0n) is 13.7. The Hall–Kier alpha value is -1.30. The van der Waals surface area contributed by atoms with Crippen LogP contribution in [0.3, 0.4) is 0 Å². The molecule has 2 unspecified atom stereocenters. The molecule has 1 aromatic rings. The molecule has 1 fully saturated rings. The summed E-state index contributed by atoms with van der Waals surface area (Å²) in [5.41, 5.74) is 3.72. The van der Waals surface area contributed by atoms with E-state index in [4.69, 9.17) is 0 Å². The summed E-state index contributed by atoms with van der Waals surface area (Å²) in [6.07, 6.45) is 13.6. The van der Waals surface area contributed by atoms with Crippen LogP contribution < -0.4 is 0 Å². The van der Waals surface area contributed by atoms with Crippen molar-refractivity contribution in [1.29, 1.82) is 0 Å². The van der Waals surface area contributed by atoms with E-state index in [0.29, 0.717) is 5.41 Å². The van der Waals surface area contributed by atoms with Gasteiger partial charge < -0.3 is 0 Å². The standard InChI is InChI=1S/C21H28/c1-17-14-20(2,3)16-21(15-17,18-10-6-4-7-11-18)19-12-8-5-9-13-19/h4,6-8,10-13,17H,5,9,14-16H2,1-3H3. The van der Waals surface area contributed by atoms with Crippen LogP contribution in [0, 0.1) is 11.3 Å². The third-order valence-corrected chi connectivity index (χ3v) is 5.25. The third-order valence-electron chi connectivity index (χ3n) is 5.25. The highest BCUT2D eigenvalue weighted by Gasteiger charge is 2.45. The first kappa shape index (κ1) is 14.6. The van der Waals surface area contributed by atoms with Gasteiger partial charge in [0.05, 0.1) is 0 Å². The molecule has 0 heteroatoms. The van der Waals surface area contributed by atoms with E-state index in [1.807, 2.05) is 0 Å². The fraction of sp³-hybridized carbons (Fsp3) is 0.524. The molecular formula is C21H28. The van der Waals surface area contributed by atoms with E-state index < -0.39 is 0 Å². The van der Waals surface area contributed by atoms with Crippen LogP contribution in [0.15, 0.2) is 54.1 Å². The average Bonchev–Trinajstić information content (AvgIpc) is 2.47. The highest BCUT2D eigenvalue weighted by Crippen LogP contribution is 2.54. The Morgan fingerprint density at radius 3 is 2.38 bits per heavy atom. The summed E-state index contributed by atoms with van der Waals surface area (Å²) < 4.78 is 0. The molecule has 0 aromatic heterocycles. The van der Waals surface area contributed by atoms with E-state index in [-0.39, 0.29) is 5.41 Å². The molecule has 0 N–H and O–H groups in total. The monoisotopic (exact) mass is 280 g/mol. The Labute approximate surface area is 130 Å². The molecule has 2 atom stereocenters. The number of rotatable bonds is 2. The lowest BCUT2D eigenvalue weighted by Gasteiger charge is -2.49. The van der Waals surface area contributed by atoms with Crippen molar-refractivity contribution in [2.75, 3.05) is 0 Å². The van der Waals surface area contributed by atoms with E-state index in [1.54, 1.807) is 5.57 Å². The summed E-state index contributed by atoms with van der Waals surface area (Å²) in [5.74, 6) is 0.783. The Bertz CT molecular complexity index is 547. The van der Waals surface area contributed by atoms with Gasteiger partial charge >= 0.3 is 0 Å². The number of hydrogen-bond donors (Lipinski definition) is 0. The molecular weight excluding hydrogens is 252 g/mol. The lowest BCUT2D eigenvalue weighted by molar-refractivity contribution is 0.126. The van der Waals surface area contributed by atoms with Crippen molar-refractivity contribution in [3.05, 3.63) is 59.7 Å². The Morgan fingerprint density at radius 1 is 1.00 bits per heavy atom. The van der Waals surface area contributed by atoms with E-state index in [0.717, 1.165) is 5.92 Å². The van der Waals surface area contributed by atoms with Crippen LogP contribution in [-0.4, -0.2) is 0 Å². The van der Waals surface area contributed by atoms with Crippen molar-refractivity contribution in [1.82, 2.24) is 0 Å². The van der Waals surface area contributed by atoms with Gasteiger partial charge in [-0.25, -0.2) is 0 Å². The minimum absolute atomic E-state index is 0.222. The molecule has 0 spiro atoms. The van der Waals surface area contributed by atoms with Crippen LogP contribution in [0.5, 0.6) is 0 Å². The Morgan fingerprint density at radius 2 is 1.76 bits per heavy atom. The second-order valence-corrected chi connectivity index (χ2v) is 7.94. The SMILES string of the molecule is CC1CC(C)(C)CC(C2=CCCC=C2)(c2ccccc2)C1. The molecule has 0 amide bonds. The highest BCUT2D eigenvalue weighted by atomic mass is 14.5. The van der Waals surface area contributed by atoms with Crippen molar-refractivity contribution >= 4 is 0 Å². The summed E-state index contributed by atoms with van der Waals surface area (Å²) in [4.78, 5) is 0. The van der Waals surface area contributed by atoms with Crippen molar-refractivity contribution in [3.63, 3.8) is 0 Å². The van der Waals surface area contributed by atoms with Crippen molar-refractivity contribution < 1.29 is 0 Å². The van der Waals surface area contributed by atoms with Gasteiger partial charge in [-0.15, -0.1) is 0 Å². The fourth-order valence-corrected chi connectivity index (χ4v) is 4.90. The molecule has 0 radical (unpaired) electrons. The van der Waals surface area contributed by atoms with Gasteiger partial charge in [0, 0.05) is 5.41 Å². The molecule has 0 heterocycles. The van der Waals surface area contributed by atoms with E-state index >= 15 is 0 Å². The summed E-state index contributed by atoms with van der Waals surface area (Å²) >= 11 is 0. The van der Waals surface area contributed by atoms with Gasteiger partial charge in [0.2, 0.25) is 0 Å². The van der Waals surface area contributed by atoms with Gasteiger partial charge in [-0.1, -0.05) is 69.3 Å². The van der Waals surface area contributed by atoms with Crippen LogP contribution in [0.25, 0.3) is 0 Å². The number of hydrogen-bond acceptors (Lipinski definition) is 0. The van der Waals surface area contributed by atoms with Crippen molar-refractivity contribution in [2.24, 2.45) is 11.3 Å². The van der Waals surface area contributed by atoms with Gasteiger partial charge in [-0.05, 0) is 54.6 Å². The lowest BCUT2D eigenvalue weighted by Crippen LogP contribution is -2.41. The highest BCUT2D eigenvalue weighted by molar-refractivity contribution is 5.44. The van der Waals surface area contributed by atoms with E-state index in [1.165, 1.54) is 37.7 Å². The maximum atomic E-state index is 2.50. The number of allylic oxidation sites excluding steroid dienone is 4. The second kappa shape index (κ2) is 5.48. The van der Waals surface area contributed by atoms with Gasteiger partial charge in [-0.2, -0.15) is 0 Å². The maximum Gasteiger partial charge on any atom is 0.0207 e. The molecule has 1 saturated carbocycles. The predicted octanol–water partition coefficient (Wildman–Crippen LogP) is 6.05. The normalized spacial score (nSPS) is 31.8. The van der Waals surface area contributed by atoms with Crippen LogP contribution in [0.4, 0.5) is 0 Å². The smallest absolute Gasteiger partial charge is 0.0207 e. The molecule has 1 aromatic carbocycles. The molecule has 21 heavy (non-hydrogen) atoms. The molecule has 0 nitrogen and oxygen atoms in total. The first-order valence-electron chi connectivity index (χ1n) is 8.45. The first-order valence-corrected chi connectivity index (χ1v) is 8.45. The summed E-state index contributed by atoms with van der Waals surface area (Å²) in [5, 5.41) is 0. The fourth-order valence-electron chi connectivity index (χ4n) is 4.90. The summed E-state index contributed by atoms with van der Waals surface area (Å²) in [6.45, 7) is 7.34. The van der Waals surface area contributed by atoms with Crippen LogP contribution in [-0.2, 0) is 5.41 Å². The third kappa shape index (κ3) is 2.86. The van der Waals surface area contributed by atoms with Crippen LogP contribution in [0.1, 0.15) is 58.4 Å². The maximum absolute atomic E-state index is 2.50. The van der Waals surface area contributed by atoms with E-state index in [2.05, 4.69) is 69.3 Å². The molecule has 2 aliphatic carbocycles. The van der Waals surface area contributed by atoms with Gasteiger partial charge in [-0.3, -0.25) is 0 Å². The van der Waals surface area contributed by atoms with Gasteiger partial charge in [0.1, 0.15) is 0 Å². The molecule has 3 rings (SSSR count). The van der Waals surface area contributed by atoms with Gasteiger partial charge in [0.15, 0.2) is 0 Å². The van der Waals surface area contributed by atoms with Crippen molar-refractivity contribution in [2.45, 2.75) is 58.3 Å². The number of benzene rings is 1. The topological polar surface area (TPSA) is 0 Å². The summed E-state index contributed by atoms with van der Waals surface area (Å²) in [7, 11) is 0.